The van der Waals surface area contributed by atoms with Crippen molar-refractivity contribution in [3.63, 3.8) is 0 Å². The molecule has 0 spiro atoms. The second kappa shape index (κ2) is 5.01. The van der Waals surface area contributed by atoms with Crippen LogP contribution in [0.4, 0.5) is 0 Å². The lowest BCUT2D eigenvalue weighted by Gasteiger charge is -2.26. The smallest absolute Gasteiger partial charge is 0.150 e. The van der Waals surface area contributed by atoms with Gasteiger partial charge in [-0.25, -0.2) is 8.42 Å². The summed E-state index contributed by atoms with van der Waals surface area (Å²) in [6.07, 6.45) is 1.38. The standard InChI is InChI=1S/C12H20N2O3S/c1-8(12-9(2)14-17-10(12)3)13-11-4-6-18(15,16)7-5-11/h8,11,13H,4-7H2,1-3H3. The molecule has 2 rings (SSSR count). The molecule has 5 nitrogen and oxygen atoms in total. The van der Waals surface area contributed by atoms with E-state index in [1.165, 1.54) is 0 Å². The highest BCUT2D eigenvalue weighted by molar-refractivity contribution is 7.91. The van der Waals surface area contributed by atoms with Crippen molar-refractivity contribution in [2.45, 2.75) is 45.7 Å². The van der Waals surface area contributed by atoms with E-state index in [4.69, 9.17) is 4.52 Å². The molecule has 18 heavy (non-hydrogen) atoms. The van der Waals surface area contributed by atoms with Gasteiger partial charge in [0, 0.05) is 17.6 Å². The number of nitrogens with one attached hydrogen (secondary N) is 1. The normalized spacial score (nSPS) is 21.9. The van der Waals surface area contributed by atoms with Gasteiger partial charge in [0.15, 0.2) is 0 Å². The fourth-order valence-electron chi connectivity index (χ4n) is 2.60. The summed E-state index contributed by atoms with van der Waals surface area (Å²) < 4.78 is 27.9. The summed E-state index contributed by atoms with van der Waals surface area (Å²) in [4.78, 5) is 0. The van der Waals surface area contributed by atoms with E-state index >= 15 is 0 Å². The zero-order valence-corrected chi connectivity index (χ0v) is 11.9. The highest BCUT2D eigenvalue weighted by Gasteiger charge is 2.26. The predicted octanol–water partition coefficient (Wildman–Crippen LogP) is 1.52. The molecular formula is C12H20N2O3S. The van der Waals surface area contributed by atoms with Crippen LogP contribution in [0.15, 0.2) is 4.52 Å². The highest BCUT2D eigenvalue weighted by atomic mass is 32.2. The van der Waals surface area contributed by atoms with Crippen LogP contribution in [0.3, 0.4) is 0 Å². The summed E-state index contributed by atoms with van der Waals surface area (Å²) in [5, 5.41) is 7.42. The number of sulfone groups is 1. The molecule has 1 unspecified atom stereocenters. The third kappa shape index (κ3) is 2.92. The Kier molecular flexibility index (Phi) is 3.77. The molecule has 1 fully saturated rings. The molecule has 0 aliphatic carbocycles. The van der Waals surface area contributed by atoms with E-state index in [0.29, 0.717) is 24.3 Å². The maximum Gasteiger partial charge on any atom is 0.150 e. The summed E-state index contributed by atoms with van der Waals surface area (Å²) in [6, 6.07) is 0.402. The third-order valence-corrected chi connectivity index (χ3v) is 5.28. The molecule has 1 aromatic rings. The van der Waals surface area contributed by atoms with Crippen molar-refractivity contribution in [1.29, 1.82) is 0 Å². The van der Waals surface area contributed by atoms with Crippen LogP contribution in [0.5, 0.6) is 0 Å². The van der Waals surface area contributed by atoms with Crippen molar-refractivity contribution >= 4 is 9.84 Å². The van der Waals surface area contributed by atoms with Crippen molar-refractivity contribution in [2.24, 2.45) is 0 Å². The van der Waals surface area contributed by atoms with Crippen LogP contribution < -0.4 is 5.32 Å². The van der Waals surface area contributed by atoms with Gasteiger partial charge in [0.05, 0.1) is 17.2 Å². The molecule has 0 aromatic carbocycles. The van der Waals surface area contributed by atoms with E-state index in [9.17, 15) is 8.42 Å². The van der Waals surface area contributed by atoms with Crippen LogP contribution in [-0.4, -0.2) is 31.1 Å². The fraction of sp³-hybridized carbons (Fsp3) is 0.750. The average molecular weight is 272 g/mol. The first-order valence-corrected chi connectivity index (χ1v) is 8.10. The number of hydrogen-bond donors (Lipinski definition) is 1. The SMILES string of the molecule is Cc1noc(C)c1C(C)NC1CCS(=O)(=O)CC1. The Bertz CT molecular complexity index is 488. The lowest BCUT2D eigenvalue weighted by atomic mass is 10.0. The second-order valence-electron chi connectivity index (χ2n) is 5.05. The van der Waals surface area contributed by atoms with Crippen LogP contribution in [-0.2, 0) is 9.84 Å². The summed E-state index contributed by atoms with van der Waals surface area (Å²) in [5.74, 6) is 1.41. The molecule has 1 aliphatic rings. The van der Waals surface area contributed by atoms with E-state index < -0.39 is 9.84 Å². The van der Waals surface area contributed by atoms with Crippen LogP contribution in [0.1, 0.15) is 42.8 Å². The molecule has 1 N–H and O–H groups in total. The third-order valence-electron chi connectivity index (χ3n) is 3.56. The van der Waals surface area contributed by atoms with E-state index in [2.05, 4.69) is 17.4 Å². The molecule has 1 aromatic heterocycles. The minimum atomic E-state index is -2.79. The molecule has 0 radical (unpaired) electrons. The molecule has 102 valence electrons. The highest BCUT2D eigenvalue weighted by Crippen LogP contribution is 2.23. The maximum atomic E-state index is 11.4. The summed E-state index contributed by atoms with van der Waals surface area (Å²) >= 11 is 0. The van der Waals surface area contributed by atoms with Gasteiger partial charge in [-0.15, -0.1) is 0 Å². The molecule has 1 atom stereocenters. The molecule has 1 saturated heterocycles. The summed E-state index contributed by atoms with van der Waals surface area (Å²) in [6.45, 7) is 5.89. The lowest BCUT2D eigenvalue weighted by molar-refractivity contribution is 0.385. The molecule has 0 amide bonds. The Labute approximate surface area is 108 Å². The topological polar surface area (TPSA) is 72.2 Å². The molecule has 2 heterocycles. The van der Waals surface area contributed by atoms with Crippen molar-refractivity contribution in [3.8, 4) is 0 Å². The Balaban J connectivity index is 1.99. The van der Waals surface area contributed by atoms with Crippen molar-refractivity contribution in [1.82, 2.24) is 10.5 Å². The minimum Gasteiger partial charge on any atom is -0.361 e. The molecule has 6 heteroatoms. The van der Waals surface area contributed by atoms with Gasteiger partial charge in [0.2, 0.25) is 0 Å². The molecule has 1 aliphatic heterocycles. The van der Waals surface area contributed by atoms with E-state index in [1.54, 1.807) is 0 Å². The van der Waals surface area contributed by atoms with Gasteiger partial charge in [0.25, 0.3) is 0 Å². The Morgan fingerprint density at radius 2 is 1.94 bits per heavy atom. The first-order chi connectivity index (χ1) is 8.39. The molecule has 0 bridgehead atoms. The van der Waals surface area contributed by atoms with Crippen LogP contribution in [0.25, 0.3) is 0 Å². The zero-order chi connectivity index (χ0) is 13.3. The minimum absolute atomic E-state index is 0.141. The van der Waals surface area contributed by atoms with E-state index in [1.807, 2.05) is 13.8 Å². The maximum absolute atomic E-state index is 11.4. The first kappa shape index (κ1) is 13.5. The molecular weight excluding hydrogens is 252 g/mol. The monoisotopic (exact) mass is 272 g/mol. The van der Waals surface area contributed by atoms with E-state index in [-0.39, 0.29) is 12.1 Å². The predicted molar refractivity (Wildman–Crippen MR) is 69.2 cm³/mol. The van der Waals surface area contributed by atoms with Crippen molar-refractivity contribution < 1.29 is 12.9 Å². The number of rotatable bonds is 3. The average Bonchev–Trinajstić information content (AvgIpc) is 2.62. The van der Waals surface area contributed by atoms with Gasteiger partial charge < -0.3 is 9.84 Å². The summed E-state index contributed by atoms with van der Waals surface area (Å²) in [5.41, 5.74) is 1.99. The van der Waals surface area contributed by atoms with Crippen molar-refractivity contribution in [2.75, 3.05) is 11.5 Å². The largest absolute Gasteiger partial charge is 0.361 e. The van der Waals surface area contributed by atoms with Gasteiger partial charge in [-0.05, 0) is 33.6 Å². The van der Waals surface area contributed by atoms with Crippen LogP contribution in [0, 0.1) is 13.8 Å². The Morgan fingerprint density at radius 3 is 2.44 bits per heavy atom. The number of nitrogens with zero attached hydrogens (tertiary/aromatic N) is 1. The number of hydrogen-bond acceptors (Lipinski definition) is 5. The fourth-order valence-corrected chi connectivity index (χ4v) is 4.09. The van der Waals surface area contributed by atoms with E-state index in [0.717, 1.165) is 17.0 Å². The van der Waals surface area contributed by atoms with Gasteiger partial charge in [-0.2, -0.15) is 0 Å². The van der Waals surface area contributed by atoms with Gasteiger partial charge >= 0.3 is 0 Å². The van der Waals surface area contributed by atoms with Gasteiger partial charge in [0.1, 0.15) is 15.6 Å². The Morgan fingerprint density at radius 1 is 1.33 bits per heavy atom. The second-order valence-corrected chi connectivity index (χ2v) is 7.36. The van der Waals surface area contributed by atoms with Gasteiger partial charge in [-0.1, -0.05) is 5.16 Å². The molecule has 0 saturated carbocycles. The van der Waals surface area contributed by atoms with Crippen molar-refractivity contribution in [3.05, 3.63) is 17.0 Å². The van der Waals surface area contributed by atoms with Crippen LogP contribution in [0.2, 0.25) is 0 Å². The first-order valence-electron chi connectivity index (χ1n) is 6.28. The number of aryl methyl sites for hydroxylation is 2. The van der Waals surface area contributed by atoms with Crippen LogP contribution >= 0.6 is 0 Å². The zero-order valence-electron chi connectivity index (χ0n) is 11.1. The summed E-state index contributed by atoms with van der Waals surface area (Å²) in [7, 11) is -2.79. The lowest BCUT2D eigenvalue weighted by Crippen LogP contribution is -2.39. The Hall–Kier alpha value is -0.880. The number of aromatic nitrogens is 1. The van der Waals surface area contributed by atoms with Gasteiger partial charge in [-0.3, -0.25) is 0 Å². The quantitative estimate of drug-likeness (QED) is 0.903.